The largest absolute Gasteiger partial charge is 0.453 e. The predicted octanol–water partition coefficient (Wildman–Crippen LogP) is 7.29. The lowest BCUT2D eigenvalue weighted by Crippen LogP contribution is -2.54. The molecule has 4 aromatic rings. The number of benzene rings is 2. The van der Waals surface area contributed by atoms with Gasteiger partial charge in [-0.3, -0.25) is 9.59 Å². The van der Waals surface area contributed by atoms with Crippen LogP contribution in [0, 0.1) is 0 Å². The number of carbonyl (C=O) groups excluding carboxylic acids is 3. The van der Waals surface area contributed by atoms with Crippen LogP contribution in [0.2, 0.25) is 0 Å². The summed E-state index contributed by atoms with van der Waals surface area (Å²) in [4.78, 5) is 50.4. The molecule has 2 fully saturated rings. The molecule has 4 atom stereocenters. The van der Waals surface area contributed by atoms with Gasteiger partial charge in [-0.25, -0.2) is 4.79 Å². The summed E-state index contributed by atoms with van der Waals surface area (Å²) in [5.74, 6) is 0.0405. The Kier molecular flexibility index (Phi) is 10.6. The van der Waals surface area contributed by atoms with E-state index in [4.69, 9.17) is 18.9 Å². The lowest BCUT2D eigenvalue weighted by Gasteiger charge is -2.31. The second-order valence-corrected chi connectivity index (χ2v) is 15.1. The van der Waals surface area contributed by atoms with Gasteiger partial charge in [-0.1, -0.05) is 55.5 Å². The topological polar surface area (TPSA) is 138 Å². The molecule has 4 aliphatic rings. The van der Waals surface area contributed by atoms with Crippen molar-refractivity contribution >= 4 is 17.9 Å². The maximum Gasteiger partial charge on any atom is 0.407 e. The first-order chi connectivity index (χ1) is 26.8. The van der Waals surface area contributed by atoms with Gasteiger partial charge >= 0.3 is 6.09 Å². The van der Waals surface area contributed by atoms with Crippen molar-refractivity contribution < 1.29 is 33.3 Å². The van der Waals surface area contributed by atoms with Crippen LogP contribution in [0.25, 0.3) is 33.6 Å². The lowest BCUT2D eigenvalue weighted by molar-refractivity contribution is -0.137. The van der Waals surface area contributed by atoms with Gasteiger partial charge in [-0.15, -0.1) is 0 Å². The Labute approximate surface area is 321 Å². The molecule has 55 heavy (non-hydrogen) atoms. The Morgan fingerprint density at radius 1 is 0.745 bits per heavy atom. The first-order valence-electron chi connectivity index (χ1n) is 19.6. The molecule has 8 rings (SSSR count). The summed E-state index contributed by atoms with van der Waals surface area (Å²) in [6, 6.07) is 16.3. The van der Waals surface area contributed by atoms with E-state index in [2.05, 4.69) is 75.6 Å². The Morgan fingerprint density at radius 2 is 1.22 bits per heavy atom. The number of aromatic nitrogens is 2. The van der Waals surface area contributed by atoms with E-state index in [1.54, 1.807) is 6.92 Å². The Hall–Kier alpha value is -4.91. The number of hydrogen-bond donors (Lipinski definition) is 3. The Bertz CT molecular complexity index is 2050. The van der Waals surface area contributed by atoms with Crippen molar-refractivity contribution in [2.75, 3.05) is 27.3 Å². The van der Waals surface area contributed by atoms with Crippen LogP contribution < -0.4 is 5.32 Å². The molecule has 2 aromatic heterocycles. The number of carbonyl (C=O) groups is 3. The number of nitrogens with one attached hydrogen (secondary N) is 3. The molecule has 0 spiro atoms. The van der Waals surface area contributed by atoms with Crippen LogP contribution in [-0.2, 0) is 55.0 Å². The van der Waals surface area contributed by atoms with Gasteiger partial charge in [0, 0.05) is 60.3 Å². The number of ether oxygens (including phenoxy) is 4. The van der Waals surface area contributed by atoms with Crippen molar-refractivity contribution in [2.45, 2.75) is 103 Å². The SMILES string of the molecule is CCCC(=O)N1CCC[C@H]1c1[nH]c(-c2ccc(-c3ccc(-c4[nH]c([C@@H]5CCCN5C(=O)[C@@H](NC(=O)OC)[C@@H](C)OC)c5c4COC5)cc3)cc2)c2c1COC2. The quantitative estimate of drug-likeness (QED) is 0.146. The third-order valence-corrected chi connectivity index (χ3v) is 12.0. The molecule has 0 bridgehead atoms. The van der Waals surface area contributed by atoms with Crippen LogP contribution in [0.4, 0.5) is 4.79 Å². The number of aromatic amines is 2. The molecule has 3 N–H and O–H groups in total. The van der Waals surface area contributed by atoms with E-state index in [1.165, 1.54) is 25.3 Å². The van der Waals surface area contributed by atoms with Crippen LogP contribution in [0.3, 0.4) is 0 Å². The van der Waals surface area contributed by atoms with E-state index < -0.39 is 18.2 Å². The highest BCUT2D eigenvalue weighted by molar-refractivity contribution is 5.87. The fraction of sp³-hybridized carbons (Fsp3) is 0.465. The normalized spacial score (nSPS) is 20.1. The molecule has 12 nitrogen and oxygen atoms in total. The van der Waals surface area contributed by atoms with Crippen LogP contribution in [-0.4, -0.2) is 77.1 Å². The number of fused-ring (bicyclic) bond motifs is 2. The van der Waals surface area contributed by atoms with Crippen molar-refractivity contribution in [3.8, 4) is 33.6 Å². The first-order valence-corrected chi connectivity index (χ1v) is 19.6. The molecular weight excluding hydrogens is 699 g/mol. The minimum Gasteiger partial charge on any atom is -0.453 e. The molecular formula is C43H51N5O7. The van der Waals surface area contributed by atoms with E-state index in [1.807, 2.05) is 4.90 Å². The average molecular weight is 750 g/mol. The molecule has 0 unspecified atom stereocenters. The van der Waals surface area contributed by atoms with Gasteiger partial charge in [0.05, 0.1) is 63.1 Å². The number of nitrogens with zero attached hydrogens (tertiary/aromatic N) is 2. The first kappa shape index (κ1) is 37.0. The maximum atomic E-state index is 13.9. The van der Waals surface area contributed by atoms with Crippen LogP contribution >= 0.6 is 0 Å². The minimum atomic E-state index is -0.876. The summed E-state index contributed by atoms with van der Waals surface area (Å²) >= 11 is 0. The summed E-state index contributed by atoms with van der Waals surface area (Å²) < 4.78 is 22.2. The number of likely N-dealkylation sites (tertiary alicyclic amines) is 2. The zero-order valence-electron chi connectivity index (χ0n) is 32.2. The van der Waals surface area contributed by atoms with Gasteiger partial charge < -0.3 is 44.0 Å². The highest BCUT2D eigenvalue weighted by Crippen LogP contribution is 2.43. The van der Waals surface area contributed by atoms with Gasteiger partial charge in [0.15, 0.2) is 0 Å². The van der Waals surface area contributed by atoms with Crippen molar-refractivity contribution in [2.24, 2.45) is 0 Å². The molecule has 0 saturated carbocycles. The van der Waals surface area contributed by atoms with Crippen LogP contribution in [0.1, 0.15) is 98.1 Å². The predicted molar refractivity (Wildman–Crippen MR) is 207 cm³/mol. The highest BCUT2D eigenvalue weighted by atomic mass is 16.5. The summed E-state index contributed by atoms with van der Waals surface area (Å²) in [5, 5.41) is 2.68. The highest BCUT2D eigenvalue weighted by Gasteiger charge is 2.40. The van der Waals surface area contributed by atoms with Crippen molar-refractivity contribution in [3.05, 3.63) is 82.2 Å². The maximum absolute atomic E-state index is 13.9. The van der Waals surface area contributed by atoms with Crippen molar-refractivity contribution in [1.29, 1.82) is 0 Å². The van der Waals surface area contributed by atoms with E-state index in [0.717, 1.165) is 94.8 Å². The number of rotatable bonds is 11. The van der Waals surface area contributed by atoms with E-state index in [-0.39, 0.29) is 23.9 Å². The van der Waals surface area contributed by atoms with Crippen LogP contribution in [0.15, 0.2) is 48.5 Å². The summed E-state index contributed by atoms with van der Waals surface area (Å²) in [7, 11) is 2.81. The Morgan fingerprint density at radius 3 is 1.71 bits per heavy atom. The number of H-pyrrole nitrogens is 2. The van der Waals surface area contributed by atoms with Crippen molar-refractivity contribution in [3.63, 3.8) is 0 Å². The molecule has 4 aliphatic heterocycles. The summed E-state index contributed by atoms with van der Waals surface area (Å²) in [6.45, 7) is 7.36. The molecule has 2 aromatic carbocycles. The summed E-state index contributed by atoms with van der Waals surface area (Å²) in [6.07, 6.45) is 3.88. The van der Waals surface area contributed by atoms with E-state index in [0.29, 0.717) is 39.4 Å². The molecule has 2 saturated heterocycles. The second kappa shape index (κ2) is 15.7. The van der Waals surface area contributed by atoms with Gasteiger partial charge in [0.25, 0.3) is 0 Å². The van der Waals surface area contributed by atoms with E-state index >= 15 is 0 Å². The number of alkyl carbamates (subject to hydrolysis) is 1. The average Bonchev–Trinajstić information content (AvgIpc) is 4.06. The van der Waals surface area contributed by atoms with Gasteiger partial charge in [0.1, 0.15) is 6.04 Å². The number of methoxy groups -OCH3 is 2. The molecule has 0 aliphatic carbocycles. The standard InChI is InChI=1S/C43H51N5O7/c1-5-8-36(49)47-19-6-9-34(47)40-32-23-54-21-30(32)38(44-40)28-15-11-26(12-16-28)27-13-17-29(18-14-27)39-31-22-55-24-33(31)41(45-39)35-10-7-20-48(35)42(50)37(25(2)52-3)46-43(51)53-4/h11-18,25,34-35,37,44-45H,5-10,19-24H2,1-4H3,(H,46,51)/t25-,34+,35+,37+/m1/s1. The monoisotopic (exact) mass is 749 g/mol. The minimum absolute atomic E-state index is 0.0802. The third kappa shape index (κ3) is 6.85. The molecule has 3 amide bonds. The number of hydrogen-bond acceptors (Lipinski definition) is 7. The third-order valence-electron chi connectivity index (χ3n) is 12.0. The smallest absolute Gasteiger partial charge is 0.407 e. The Balaban J connectivity index is 1.02. The van der Waals surface area contributed by atoms with Gasteiger partial charge in [-0.2, -0.15) is 0 Å². The summed E-state index contributed by atoms with van der Waals surface area (Å²) in [5.41, 5.74) is 13.3. The van der Waals surface area contributed by atoms with Crippen LogP contribution in [0.5, 0.6) is 0 Å². The second-order valence-electron chi connectivity index (χ2n) is 15.1. The van der Waals surface area contributed by atoms with Crippen molar-refractivity contribution in [1.82, 2.24) is 25.1 Å². The fourth-order valence-electron chi connectivity index (χ4n) is 9.01. The molecule has 12 heteroatoms. The zero-order valence-corrected chi connectivity index (χ0v) is 32.2. The van der Waals surface area contributed by atoms with E-state index in [9.17, 15) is 14.4 Å². The molecule has 6 heterocycles. The lowest BCUT2D eigenvalue weighted by atomic mass is 9.98. The fourth-order valence-corrected chi connectivity index (χ4v) is 9.01. The molecule has 0 radical (unpaired) electrons. The molecule has 290 valence electrons. The number of amides is 3. The van der Waals surface area contributed by atoms with Gasteiger partial charge in [-0.05, 0) is 61.3 Å². The zero-order chi connectivity index (χ0) is 38.2. The van der Waals surface area contributed by atoms with Gasteiger partial charge in [0.2, 0.25) is 11.8 Å².